The molecule has 3 atom stereocenters. The van der Waals surface area contributed by atoms with Gasteiger partial charge in [-0.3, -0.25) is 9.59 Å². The molecule has 2 aliphatic rings. The van der Waals surface area contributed by atoms with Crippen LogP contribution >= 0.6 is 11.6 Å². The first kappa shape index (κ1) is 22.6. The third-order valence-electron chi connectivity index (χ3n) is 6.66. The number of likely N-dealkylation sites (N-methyl/N-ethyl adjacent to an activating group) is 1. The number of benzene rings is 2. The molecule has 6 nitrogen and oxygen atoms in total. The van der Waals surface area contributed by atoms with Crippen LogP contribution in [0.25, 0.3) is 0 Å². The Morgan fingerprint density at radius 3 is 2.41 bits per heavy atom. The molecule has 0 bridgehead atoms. The molecule has 2 aromatic carbocycles. The van der Waals surface area contributed by atoms with Crippen LogP contribution < -0.4 is 10.1 Å². The third kappa shape index (κ3) is 5.08. The van der Waals surface area contributed by atoms with Gasteiger partial charge in [-0.05, 0) is 61.7 Å². The van der Waals surface area contributed by atoms with Crippen molar-refractivity contribution >= 4 is 23.4 Å². The Morgan fingerprint density at radius 1 is 1.03 bits per heavy atom. The van der Waals surface area contributed by atoms with Crippen LogP contribution in [0.15, 0.2) is 48.5 Å². The molecule has 0 radical (unpaired) electrons. The van der Waals surface area contributed by atoms with Crippen LogP contribution in [-0.4, -0.2) is 68.0 Å². The number of halogens is 1. The summed E-state index contributed by atoms with van der Waals surface area (Å²) in [5, 5.41) is 3.67. The summed E-state index contributed by atoms with van der Waals surface area (Å²) in [7, 11) is 3.73. The fourth-order valence-corrected chi connectivity index (χ4v) is 5.00. The zero-order chi connectivity index (χ0) is 22.7. The molecule has 1 heterocycles. The molecular formula is C25H30ClN3O3. The predicted octanol–water partition coefficient (Wildman–Crippen LogP) is 3.41. The Labute approximate surface area is 194 Å². The molecule has 32 heavy (non-hydrogen) atoms. The molecule has 0 aromatic heterocycles. The first-order valence-corrected chi connectivity index (χ1v) is 11.5. The number of nitrogens with one attached hydrogen (secondary N) is 1. The van der Waals surface area contributed by atoms with E-state index < -0.39 is 0 Å². The summed E-state index contributed by atoms with van der Waals surface area (Å²) in [4.78, 5) is 30.6. The van der Waals surface area contributed by atoms with Gasteiger partial charge in [-0.1, -0.05) is 29.8 Å². The minimum absolute atomic E-state index is 0.0534. The van der Waals surface area contributed by atoms with E-state index in [-0.39, 0.29) is 29.7 Å². The van der Waals surface area contributed by atoms with Crippen molar-refractivity contribution in [2.45, 2.75) is 24.8 Å². The van der Waals surface area contributed by atoms with E-state index in [1.54, 1.807) is 31.4 Å². The summed E-state index contributed by atoms with van der Waals surface area (Å²) in [5.41, 5.74) is 1.64. The van der Waals surface area contributed by atoms with Crippen molar-refractivity contribution in [3.8, 4) is 5.75 Å². The average Bonchev–Trinajstić information content (AvgIpc) is 3.23. The van der Waals surface area contributed by atoms with Crippen LogP contribution in [0.3, 0.4) is 0 Å². The van der Waals surface area contributed by atoms with Crippen molar-refractivity contribution < 1.29 is 14.3 Å². The predicted molar refractivity (Wildman–Crippen MR) is 125 cm³/mol. The van der Waals surface area contributed by atoms with Crippen LogP contribution in [0, 0.1) is 5.92 Å². The fourth-order valence-electron chi connectivity index (χ4n) is 4.81. The highest BCUT2D eigenvalue weighted by Crippen LogP contribution is 2.41. The van der Waals surface area contributed by atoms with E-state index in [0.29, 0.717) is 17.0 Å². The Morgan fingerprint density at radius 2 is 1.75 bits per heavy atom. The molecule has 4 rings (SSSR count). The molecule has 170 valence electrons. The second-order valence-corrected chi connectivity index (χ2v) is 9.20. The molecule has 1 aliphatic carbocycles. The van der Waals surface area contributed by atoms with E-state index in [1.165, 1.54) is 0 Å². The van der Waals surface area contributed by atoms with Crippen LogP contribution in [0.5, 0.6) is 5.75 Å². The molecule has 2 aromatic rings. The van der Waals surface area contributed by atoms with E-state index in [2.05, 4.69) is 17.3 Å². The van der Waals surface area contributed by atoms with E-state index in [9.17, 15) is 9.59 Å². The van der Waals surface area contributed by atoms with Gasteiger partial charge in [0.1, 0.15) is 5.75 Å². The quantitative estimate of drug-likeness (QED) is 0.750. The summed E-state index contributed by atoms with van der Waals surface area (Å²) in [6, 6.07) is 14.8. The van der Waals surface area contributed by atoms with Crippen LogP contribution in [0.1, 0.15) is 34.7 Å². The number of carbonyl (C=O) groups is 2. The lowest BCUT2D eigenvalue weighted by atomic mass is 9.87. The normalized spacial score (nSPS) is 23.7. The second-order valence-electron chi connectivity index (χ2n) is 8.77. The molecule has 1 saturated heterocycles. The first-order valence-electron chi connectivity index (χ1n) is 11.1. The SMILES string of the molecule is COc1ccc([C@H]2C[C@H](NC(=O)c3cccc(Cl)c3)C[C@@H]2C(=O)N2CCN(C)CC2)cc1. The summed E-state index contributed by atoms with van der Waals surface area (Å²) < 4.78 is 5.30. The highest BCUT2D eigenvalue weighted by molar-refractivity contribution is 6.30. The van der Waals surface area contributed by atoms with Gasteiger partial charge in [-0.2, -0.15) is 0 Å². The fraction of sp³-hybridized carbons (Fsp3) is 0.440. The van der Waals surface area contributed by atoms with Crippen molar-refractivity contribution in [3.63, 3.8) is 0 Å². The third-order valence-corrected chi connectivity index (χ3v) is 6.90. The number of hydrogen-bond donors (Lipinski definition) is 1. The second kappa shape index (κ2) is 9.92. The number of nitrogens with zero attached hydrogens (tertiary/aromatic N) is 2. The van der Waals surface area contributed by atoms with Crippen molar-refractivity contribution in [1.29, 1.82) is 0 Å². The minimum Gasteiger partial charge on any atom is -0.497 e. The van der Waals surface area contributed by atoms with Crippen molar-refractivity contribution in [1.82, 2.24) is 15.1 Å². The Hall–Kier alpha value is -2.57. The Kier molecular flexibility index (Phi) is 7.01. The molecule has 0 spiro atoms. The largest absolute Gasteiger partial charge is 0.497 e. The van der Waals surface area contributed by atoms with Crippen molar-refractivity contribution in [2.24, 2.45) is 5.92 Å². The zero-order valence-corrected chi connectivity index (χ0v) is 19.3. The topological polar surface area (TPSA) is 61.9 Å². The molecule has 2 fully saturated rings. The van der Waals surface area contributed by atoms with E-state index in [4.69, 9.17) is 16.3 Å². The van der Waals surface area contributed by atoms with Gasteiger partial charge < -0.3 is 19.9 Å². The highest BCUT2D eigenvalue weighted by Gasteiger charge is 2.42. The summed E-state index contributed by atoms with van der Waals surface area (Å²) in [5.74, 6) is 0.728. The van der Waals surface area contributed by atoms with Gasteiger partial charge in [0.15, 0.2) is 0 Å². The molecule has 1 saturated carbocycles. The highest BCUT2D eigenvalue weighted by atomic mass is 35.5. The summed E-state index contributed by atoms with van der Waals surface area (Å²) >= 11 is 6.05. The number of piperazine rings is 1. The lowest BCUT2D eigenvalue weighted by Gasteiger charge is -2.35. The van der Waals surface area contributed by atoms with Crippen LogP contribution in [0.4, 0.5) is 0 Å². The lowest BCUT2D eigenvalue weighted by Crippen LogP contribution is -2.49. The maximum Gasteiger partial charge on any atom is 0.251 e. The van der Waals surface area contributed by atoms with E-state index >= 15 is 0 Å². The van der Waals surface area contributed by atoms with Gasteiger partial charge in [0.05, 0.1) is 7.11 Å². The van der Waals surface area contributed by atoms with E-state index in [1.807, 2.05) is 29.2 Å². The smallest absolute Gasteiger partial charge is 0.251 e. The molecule has 7 heteroatoms. The Bertz CT molecular complexity index is 957. The molecule has 2 amide bonds. The van der Waals surface area contributed by atoms with Crippen molar-refractivity contribution in [2.75, 3.05) is 40.3 Å². The summed E-state index contributed by atoms with van der Waals surface area (Å²) in [6.45, 7) is 3.28. The van der Waals surface area contributed by atoms with Gasteiger partial charge in [0, 0.05) is 48.7 Å². The number of carbonyl (C=O) groups excluding carboxylic acids is 2. The molecule has 0 unspecified atom stereocenters. The molecule has 1 N–H and O–H groups in total. The first-order chi connectivity index (χ1) is 15.4. The van der Waals surface area contributed by atoms with Gasteiger partial charge in [-0.25, -0.2) is 0 Å². The maximum atomic E-state index is 13.5. The van der Waals surface area contributed by atoms with Gasteiger partial charge in [-0.15, -0.1) is 0 Å². The number of rotatable bonds is 5. The van der Waals surface area contributed by atoms with Crippen LogP contribution in [-0.2, 0) is 4.79 Å². The average molecular weight is 456 g/mol. The minimum atomic E-state index is -0.156. The molecule has 1 aliphatic heterocycles. The molecular weight excluding hydrogens is 426 g/mol. The van der Waals surface area contributed by atoms with Gasteiger partial charge in [0.2, 0.25) is 5.91 Å². The number of amides is 2. The van der Waals surface area contributed by atoms with Gasteiger partial charge in [0.25, 0.3) is 5.91 Å². The number of ether oxygens (including phenoxy) is 1. The number of hydrogen-bond acceptors (Lipinski definition) is 4. The standard InChI is InChI=1S/C25H30ClN3O3/c1-28-10-12-29(13-11-28)25(31)23-16-20(27-24(30)18-4-3-5-19(26)14-18)15-22(23)17-6-8-21(32-2)9-7-17/h3-9,14,20,22-23H,10-13,15-16H2,1-2H3,(H,27,30)/t20-,22+,23-/m0/s1. The van der Waals surface area contributed by atoms with Crippen molar-refractivity contribution in [3.05, 3.63) is 64.7 Å². The zero-order valence-electron chi connectivity index (χ0n) is 18.6. The lowest BCUT2D eigenvalue weighted by molar-refractivity contribution is -0.137. The van der Waals surface area contributed by atoms with Crippen LogP contribution in [0.2, 0.25) is 5.02 Å². The van der Waals surface area contributed by atoms with Gasteiger partial charge >= 0.3 is 0 Å². The maximum absolute atomic E-state index is 13.5. The summed E-state index contributed by atoms with van der Waals surface area (Å²) in [6.07, 6.45) is 1.36. The number of methoxy groups -OCH3 is 1. The Balaban J connectivity index is 1.52. The monoisotopic (exact) mass is 455 g/mol. The van der Waals surface area contributed by atoms with E-state index in [0.717, 1.165) is 43.9 Å².